The zero-order valence-electron chi connectivity index (χ0n) is 13.2. The second kappa shape index (κ2) is 7.77. The fraction of sp³-hybridized carbons (Fsp3) is 0.357. The third kappa shape index (κ3) is 5.32. The number of amides is 1. The Labute approximate surface area is 144 Å². The van der Waals surface area contributed by atoms with E-state index >= 15 is 0 Å². The van der Waals surface area contributed by atoms with Gasteiger partial charge in [-0.1, -0.05) is 23.9 Å². The standard InChI is InChI=1S/C14H18N4O4S2/c1-9(23-14-18-17-10(2)22-14)13(19)16-8-7-11-3-5-12(6-4-11)24(15,20)21/h3-6,9H,7-8H2,1-2H3,(H,16,19)(H2,15,20,21)/t9-/m0/s1. The van der Waals surface area contributed by atoms with Gasteiger partial charge in [-0.05, 0) is 31.0 Å². The van der Waals surface area contributed by atoms with Crippen molar-refractivity contribution in [3.05, 3.63) is 35.7 Å². The van der Waals surface area contributed by atoms with Gasteiger partial charge in [-0.3, -0.25) is 4.79 Å². The van der Waals surface area contributed by atoms with Crippen molar-refractivity contribution in [3.63, 3.8) is 0 Å². The van der Waals surface area contributed by atoms with Gasteiger partial charge in [0.25, 0.3) is 5.22 Å². The molecule has 1 heterocycles. The molecule has 1 aromatic carbocycles. The van der Waals surface area contributed by atoms with Crippen LogP contribution in [0.15, 0.2) is 38.8 Å². The number of nitrogens with one attached hydrogen (secondary N) is 1. The zero-order valence-corrected chi connectivity index (χ0v) is 14.9. The summed E-state index contributed by atoms with van der Waals surface area (Å²) in [7, 11) is -3.69. The summed E-state index contributed by atoms with van der Waals surface area (Å²) in [6.45, 7) is 3.87. The SMILES string of the molecule is Cc1nnc(S[C@@H](C)C(=O)NCCc2ccc(S(N)(=O)=O)cc2)o1. The molecule has 0 bridgehead atoms. The average molecular weight is 370 g/mol. The lowest BCUT2D eigenvalue weighted by Crippen LogP contribution is -2.32. The molecule has 0 saturated heterocycles. The number of nitrogens with zero attached hydrogens (tertiary/aromatic N) is 2. The Morgan fingerprint density at radius 3 is 2.54 bits per heavy atom. The molecule has 1 atom stereocenters. The van der Waals surface area contributed by atoms with Crippen LogP contribution in [0.4, 0.5) is 0 Å². The van der Waals surface area contributed by atoms with Crippen molar-refractivity contribution in [1.29, 1.82) is 0 Å². The first kappa shape index (κ1) is 18.4. The number of aryl methyl sites for hydroxylation is 1. The van der Waals surface area contributed by atoms with E-state index in [0.717, 1.165) is 5.56 Å². The summed E-state index contributed by atoms with van der Waals surface area (Å²) in [6, 6.07) is 6.24. The lowest BCUT2D eigenvalue weighted by Gasteiger charge is -2.10. The third-order valence-corrected chi connectivity index (χ3v) is 4.98. The monoisotopic (exact) mass is 370 g/mol. The van der Waals surface area contributed by atoms with Gasteiger partial charge in [-0.25, -0.2) is 13.6 Å². The zero-order chi connectivity index (χ0) is 17.7. The number of hydrogen-bond donors (Lipinski definition) is 2. The highest BCUT2D eigenvalue weighted by atomic mass is 32.2. The molecule has 1 aromatic heterocycles. The number of rotatable bonds is 7. The van der Waals surface area contributed by atoms with Gasteiger partial charge in [-0.2, -0.15) is 0 Å². The molecule has 0 fully saturated rings. The van der Waals surface area contributed by atoms with E-state index in [1.807, 2.05) is 0 Å². The van der Waals surface area contributed by atoms with Crippen LogP contribution in [0, 0.1) is 6.92 Å². The van der Waals surface area contributed by atoms with E-state index in [9.17, 15) is 13.2 Å². The lowest BCUT2D eigenvalue weighted by atomic mass is 10.1. The molecule has 0 radical (unpaired) electrons. The molecule has 10 heteroatoms. The first-order valence-electron chi connectivity index (χ1n) is 7.12. The molecular weight excluding hydrogens is 352 g/mol. The van der Waals surface area contributed by atoms with Crippen LogP contribution in [0.3, 0.4) is 0 Å². The Morgan fingerprint density at radius 2 is 2.00 bits per heavy atom. The molecule has 0 aliphatic carbocycles. The number of thioether (sulfide) groups is 1. The molecule has 2 rings (SSSR count). The Kier molecular flexibility index (Phi) is 5.97. The summed E-state index contributed by atoms with van der Waals surface area (Å²) < 4.78 is 27.6. The van der Waals surface area contributed by atoms with Crippen molar-refractivity contribution in [2.45, 2.75) is 35.6 Å². The van der Waals surface area contributed by atoms with Crippen LogP contribution in [0.1, 0.15) is 18.4 Å². The van der Waals surface area contributed by atoms with E-state index in [1.165, 1.54) is 23.9 Å². The normalized spacial score (nSPS) is 12.8. The van der Waals surface area contributed by atoms with Crippen molar-refractivity contribution >= 4 is 27.7 Å². The molecule has 24 heavy (non-hydrogen) atoms. The van der Waals surface area contributed by atoms with Crippen molar-refractivity contribution in [1.82, 2.24) is 15.5 Å². The molecular formula is C14H18N4O4S2. The van der Waals surface area contributed by atoms with Crippen LogP contribution in [0.25, 0.3) is 0 Å². The number of carbonyl (C=O) groups is 1. The molecule has 1 amide bonds. The molecule has 0 unspecified atom stereocenters. The quantitative estimate of drug-likeness (QED) is 0.692. The minimum atomic E-state index is -3.69. The van der Waals surface area contributed by atoms with E-state index < -0.39 is 10.0 Å². The highest BCUT2D eigenvalue weighted by Crippen LogP contribution is 2.21. The van der Waals surface area contributed by atoms with Gasteiger partial charge in [0.15, 0.2) is 0 Å². The van der Waals surface area contributed by atoms with Gasteiger partial charge in [-0.15, -0.1) is 10.2 Å². The van der Waals surface area contributed by atoms with Crippen molar-refractivity contribution < 1.29 is 17.6 Å². The Balaban J connectivity index is 1.79. The average Bonchev–Trinajstić information content (AvgIpc) is 2.91. The summed E-state index contributed by atoms with van der Waals surface area (Å²) in [5.74, 6) is 0.310. The number of sulfonamides is 1. The van der Waals surface area contributed by atoms with E-state index in [2.05, 4.69) is 15.5 Å². The molecule has 0 aliphatic rings. The predicted octanol–water partition coefficient (Wildman–Crippen LogP) is 0.865. The number of hydrogen-bond acceptors (Lipinski definition) is 7. The first-order chi connectivity index (χ1) is 11.3. The summed E-state index contributed by atoms with van der Waals surface area (Å²) in [6.07, 6.45) is 0.577. The van der Waals surface area contributed by atoms with E-state index in [0.29, 0.717) is 24.1 Å². The van der Waals surface area contributed by atoms with Crippen LogP contribution in [0.5, 0.6) is 0 Å². The van der Waals surface area contributed by atoms with Gasteiger partial charge >= 0.3 is 0 Å². The molecule has 2 aromatic rings. The van der Waals surface area contributed by atoms with E-state index in [-0.39, 0.29) is 16.1 Å². The summed E-state index contributed by atoms with van der Waals surface area (Å²) in [4.78, 5) is 12.1. The van der Waals surface area contributed by atoms with Gasteiger partial charge in [0.1, 0.15) is 0 Å². The number of aromatic nitrogens is 2. The number of benzene rings is 1. The predicted molar refractivity (Wildman–Crippen MR) is 88.9 cm³/mol. The van der Waals surface area contributed by atoms with Crippen LogP contribution in [-0.4, -0.2) is 36.3 Å². The fourth-order valence-electron chi connectivity index (χ4n) is 1.85. The maximum absolute atomic E-state index is 12.0. The maximum atomic E-state index is 12.0. The van der Waals surface area contributed by atoms with Crippen molar-refractivity contribution in [2.75, 3.05) is 6.54 Å². The van der Waals surface area contributed by atoms with Crippen LogP contribution in [-0.2, 0) is 21.2 Å². The van der Waals surface area contributed by atoms with E-state index in [1.54, 1.807) is 26.0 Å². The minimum absolute atomic E-state index is 0.0650. The number of carbonyl (C=O) groups excluding carboxylic acids is 1. The lowest BCUT2D eigenvalue weighted by molar-refractivity contribution is -0.120. The Morgan fingerprint density at radius 1 is 1.33 bits per heavy atom. The highest BCUT2D eigenvalue weighted by Gasteiger charge is 2.17. The topological polar surface area (TPSA) is 128 Å². The second-order valence-electron chi connectivity index (χ2n) is 5.08. The van der Waals surface area contributed by atoms with Crippen molar-refractivity contribution in [3.8, 4) is 0 Å². The second-order valence-corrected chi connectivity index (χ2v) is 7.93. The highest BCUT2D eigenvalue weighted by molar-refractivity contribution is 8.00. The Hall–Kier alpha value is -1.91. The number of primary sulfonamides is 1. The minimum Gasteiger partial charge on any atom is -0.416 e. The molecule has 130 valence electrons. The first-order valence-corrected chi connectivity index (χ1v) is 9.54. The Bertz CT molecular complexity index is 802. The molecule has 0 spiro atoms. The largest absolute Gasteiger partial charge is 0.416 e. The summed E-state index contributed by atoms with van der Waals surface area (Å²) in [5, 5.41) is 15.4. The van der Waals surface area contributed by atoms with Gasteiger partial charge < -0.3 is 9.73 Å². The smallest absolute Gasteiger partial charge is 0.277 e. The molecule has 8 nitrogen and oxygen atoms in total. The van der Waals surface area contributed by atoms with Crippen LogP contribution < -0.4 is 10.5 Å². The van der Waals surface area contributed by atoms with E-state index in [4.69, 9.17) is 9.56 Å². The molecule has 0 aliphatic heterocycles. The van der Waals surface area contributed by atoms with Gasteiger partial charge in [0, 0.05) is 13.5 Å². The maximum Gasteiger partial charge on any atom is 0.277 e. The molecule has 0 saturated carbocycles. The van der Waals surface area contributed by atoms with Crippen LogP contribution >= 0.6 is 11.8 Å². The summed E-state index contributed by atoms with van der Waals surface area (Å²) >= 11 is 1.19. The number of nitrogens with two attached hydrogens (primary N) is 1. The fourth-order valence-corrected chi connectivity index (χ4v) is 3.12. The van der Waals surface area contributed by atoms with Gasteiger partial charge in [0.2, 0.25) is 21.8 Å². The third-order valence-electron chi connectivity index (χ3n) is 3.12. The van der Waals surface area contributed by atoms with Crippen molar-refractivity contribution in [2.24, 2.45) is 5.14 Å². The van der Waals surface area contributed by atoms with Crippen LogP contribution in [0.2, 0.25) is 0 Å². The summed E-state index contributed by atoms with van der Waals surface area (Å²) in [5.41, 5.74) is 0.899. The van der Waals surface area contributed by atoms with Gasteiger partial charge in [0.05, 0.1) is 10.1 Å². The molecule has 3 N–H and O–H groups in total.